The van der Waals surface area contributed by atoms with Crippen molar-refractivity contribution in [2.75, 3.05) is 26.8 Å². The first kappa shape index (κ1) is 11.9. The lowest BCUT2D eigenvalue weighted by molar-refractivity contribution is -0.0592. The highest BCUT2D eigenvalue weighted by Crippen LogP contribution is 2.12. The van der Waals surface area contributed by atoms with Crippen LogP contribution in [0.4, 0.5) is 0 Å². The molecule has 1 fully saturated rings. The molecule has 3 nitrogen and oxygen atoms in total. The standard InChI is InChI=1S/C12H16ClNO2/c1-14(9-12-15-6-7-16-12)8-10-2-4-11(13)5-3-10/h2-5,12H,6-9H2,1H3. The molecule has 16 heavy (non-hydrogen) atoms. The molecule has 0 aromatic heterocycles. The first-order valence-electron chi connectivity index (χ1n) is 5.40. The Labute approximate surface area is 101 Å². The van der Waals surface area contributed by atoms with Crippen LogP contribution in [0.2, 0.25) is 5.02 Å². The lowest BCUT2D eigenvalue weighted by Crippen LogP contribution is -2.29. The Bertz CT molecular complexity index is 322. The van der Waals surface area contributed by atoms with E-state index in [9.17, 15) is 0 Å². The predicted molar refractivity (Wildman–Crippen MR) is 63.5 cm³/mol. The molecule has 0 spiro atoms. The molecule has 88 valence electrons. The van der Waals surface area contributed by atoms with Crippen molar-refractivity contribution >= 4 is 11.6 Å². The molecule has 0 unspecified atom stereocenters. The van der Waals surface area contributed by atoms with Gasteiger partial charge in [0.1, 0.15) is 0 Å². The molecular formula is C12H16ClNO2. The molecule has 2 rings (SSSR count). The SMILES string of the molecule is CN(Cc1ccc(Cl)cc1)CC1OCCO1. The summed E-state index contributed by atoms with van der Waals surface area (Å²) in [4.78, 5) is 2.18. The molecule has 1 heterocycles. The van der Waals surface area contributed by atoms with E-state index < -0.39 is 0 Å². The smallest absolute Gasteiger partial charge is 0.170 e. The Kier molecular flexibility index (Phi) is 4.18. The van der Waals surface area contributed by atoms with E-state index in [1.807, 2.05) is 24.3 Å². The van der Waals surface area contributed by atoms with E-state index in [0.717, 1.165) is 18.1 Å². The quantitative estimate of drug-likeness (QED) is 0.806. The maximum absolute atomic E-state index is 5.83. The maximum atomic E-state index is 5.83. The molecule has 1 saturated heterocycles. The van der Waals surface area contributed by atoms with Gasteiger partial charge in [0.2, 0.25) is 0 Å². The number of benzene rings is 1. The van der Waals surface area contributed by atoms with Crippen molar-refractivity contribution in [1.82, 2.24) is 4.90 Å². The van der Waals surface area contributed by atoms with Crippen LogP contribution in [0.5, 0.6) is 0 Å². The molecule has 0 N–H and O–H groups in total. The zero-order valence-corrected chi connectivity index (χ0v) is 10.1. The summed E-state index contributed by atoms with van der Waals surface area (Å²) in [7, 11) is 2.06. The third-order valence-electron chi connectivity index (χ3n) is 2.52. The molecule has 0 radical (unpaired) electrons. The fourth-order valence-electron chi connectivity index (χ4n) is 1.73. The molecule has 0 atom stereocenters. The molecular weight excluding hydrogens is 226 g/mol. The minimum absolute atomic E-state index is 0.0719. The highest BCUT2D eigenvalue weighted by Gasteiger charge is 2.17. The number of nitrogens with zero attached hydrogens (tertiary/aromatic N) is 1. The summed E-state index contributed by atoms with van der Waals surface area (Å²) in [5.41, 5.74) is 1.24. The molecule has 0 bridgehead atoms. The van der Waals surface area contributed by atoms with Gasteiger partial charge in [0.25, 0.3) is 0 Å². The van der Waals surface area contributed by atoms with Crippen LogP contribution < -0.4 is 0 Å². The average molecular weight is 242 g/mol. The molecule has 1 aliphatic rings. The van der Waals surface area contributed by atoms with Gasteiger partial charge < -0.3 is 9.47 Å². The Balaban J connectivity index is 1.81. The van der Waals surface area contributed by atoms with Gasteiger partial charge in [-0.1, -0.05) is 23.7 Å². The first-order valence-corrected chi connectivity index (χ1v) is 5.78. The maximum Gasteiger partial charge on any atom is 0.170 e. The average Bonchev–Trinajstić information content (AvgIpc) is 2.74. The topological polar surface area (TPSA) is 21.7 Å². The van der Waals surface area contributed by atoms with Crippen LogP contribution in [0.15, 0.2) is 24.3 Å². The Hall–Kier alpha value is -0.610. The van der Waals surface area contributed by atoms with Crippen LogP contribution in [-0.4, -0.2) is 38.0 Å². The minimum Gasteiger partial charge on any atom is -0.349 e. The number of hydrogen-bond donors (Lipinski definition) is 0. The lowest BCUT2D eigenvalue weighted by atomic mass is 10.2. The highest BCUT2D eigenvalue weighted by atomic mass is 35.5. The van der Waals surface area contributed by atoms with Crippen molar-refractivity contribution in [3.8, 4) is 0 Å². The van der Waals surface area contributed by atoms with Gasteiger partial charge in [-0.15, -0.1) is 0 Å². The third kappa shape index (κ3) is 3.46. The van der Waals surface area contributed by atoms with Gasteiger partial charge in [0, 0.05) is 18.1 Å². The van der Waals surface area contributed by atoms with Crippen LogP contribution in [-0.2, 0) is 16.0 Å². The van der Waals surface area contributed by atoms with Crippen molar-refractivity contribution < 1.29 is 9.47 Å². The molecule has 0 saturated carbocycles. The summed E-state index contributed by atoms with van der Waals surface area (Å²) in [5.74, 6) is 0. The van der Waals surface area contributed by atoms with Crippen LogP contribution in [0.1, 0.15) is 5.56 Å². The number of ether oxygens (including phenoxy) is 2. The van der Waals surface area contributed by atoms with Gasteiger partial charge in [-0.05, 0) is 24.7 Å². The highest BCUT2D eigenvalue weighted by molar-refractivity contribution is 6.30. The molecule has 1 aromatic carbocycles. The van der Waals surface area contributed by atoms with Crippen molar-refractivity contribution in [3.63, 3.8) is 0 Å². The molecule has 1 aliphatic heterocycles. The number of rotatable bonds is 4. The van der Waals surface area contributed by atoms with Crippen molar-refractivity contribution in [3.05, 3.63) is 34.9 Å². The lowest BCUT2D eigenvalue weighted by Gasteiger charge is -2.19. The first-order chi connectivity index (χ1) is 7.74. The van der Waals surface area contributed by atoms with Gasteiger partial charge in [0.15, 0.2) is 6.29 Å². The monoisotopic (exact) mass is 241 g/mol. The van der Waals surface area contributed by atoms with E-state index >= 15 is 0 Å². The van der Waals surface area contributed by atoms with E-state index in [-0.39, 0.29) is 6.29 Å². The summed E-state index contributed by atoms with van der Waals surface area (Å²) in [5, 5.41) is 0.772. The van der Waals surface area contributed by atoms with Gasteiger partial charge in [-0.25, -0.2) is 0 Å². The minimum atomic E-state index is -0.0719. The van der Waals surface area contributed by atoms with Crippen molar-refractivity contribution in [2.45, 2.75) is 12.8 Å². The summed E-state index contributed by atoms with van der Waals surface area (Å²) < 4.78 is 10.8. The summed E-state index contributed by atoms with van der Waals surface area (Å²) in [6.07, 6.45) is -0.0719. The fraction of sp³-hybridized carbons (Fsp3) is 0.500. The van der Waals surface area contributed by atoms with E-state index in [1.165, 1.54) is 5.56 Å². The van der Waals surface area contributed by atoms with Crippen LogP contribution in [0.3, 0.4) is 0 Å². The van der Waals surface area contributed by atoms with Gasteiger partial charge in [-0.2, -0.15) is 0 Å². The van der Waals surface area contributed by atoms with Crippen LogP contribution in [0.25, 0.3) is 0 Å². The fourth-order valence-corrected chi connectivity index (χ4v) is 1.86. The van der Waals surface area contributed by atoms with Crippen molar-refractivity contribution in [2.24, 2.45) is 0 Å². The van der Waals surface area contributed by atoms with Crippen molar-refractivity contribution in [1.29, 1.82) is 0 Å². The number of likely N-dealkylation sites (N-methyl/N-ethyl adjacent to an activating group) is 1. The molecule has 4 heteroatoms. The van der Waals surface area contributed by atoms with E-state index in [4.69, 9.17) is 21.1 Å². The Morgan fingerprint density at radius 3 is 2.50 bits per heavy atom. The summed E-state index contributed by atoms with van der Waals surface area (Å²) >= 11 is 5.83. The Morgan fingerprint density at radius 2 is 1.88 bits per heavy atom. The molecule has 0 amide bonds. The molecule has 1 aromatic rings. The summed E-state index contributed by atoms with van der Waals surface area (Å²) in [6, 6.07) is 7.89. The zero-order valence-electron chi connectivity index (χ0n) is 9.36. The second kappa shape index (κ2) is 5.64. The largest absolute Gasteiger partial charge is 0.349 e. The second-order valence-corrected chi connectivity index (χ2v) is 4.43. The van der Waals surface area contributed by atoms with E-state index in [0.29, 0.717) is 13.2 Å². The van der Waals surface area contributed by atoms with Gasteiger partial charge in [0.05, 0.1) is 13.2 Å². The zero-order chi connectivity index (χ0) is 11.4. The van der Waals surface area contributed by atoms with Gasteiger partial charge in [-0.3, -0.25) is 4.90 Å². The van der Waals surface area contributed by atoms with Crippen LogP contribution in [0, 0.1) is 0 Å². The predicted octanol–water partition coefficient (Wildman–Crippen LogP) is 2.14. The second-order valence-electron chi connectivity index (χ2n) is 3.99. The van der Waals surface area contributed by atoms with E-state index in [2.05, 4.69) is 11.9 Å². The van der Waals surface area contributed by atoms with E-state index in [1.54, 1.807) is 0 Å². The third-order valence-corrected chi connectivity index (χ3v) is 2.77. The molecule has 0 aliphatic carbocycles. The van der Waals surface area contributed by atoms with Gasteiger partial charge >= 0.3 is 0 Å². The number of hydrogen-bond acceptors (Lipinski definition) is 3. The van der Waals surface area contributed by atoms with Crippen LogP contribution >= 0.6 is 11.6 Å². The summed E-state index contributed by atoms with van der Waals surface area (Å²) in [6.45, 7) is 3.09. The Morgan fingerprint density at radius 1 is 1.25 bits per heavy atom. The number of halogens is 1. The normalized spacial score (nSPS) is 17.2.